The number of halogens is 1. The molecule has 0 bridgehead atoms. The predicted octanol–water partition coefficient (Wildman–Crippen LogP) is 2.51. The zero-order valence-electron chi connectivity index (χ0n) is 21.0. The number of nitrogens with zero attached hydrogens (tertiary/aromatic N) is 5. The first-order valence-electron chi connectivity index (χ1n) is 12.8. The number of aromatic nitrogens is 3. The summed E-state index contributed by atoms with van der Waals surface area (Å²) in [6.45, 7) is 8.26. The second kappa shape index (κ2) is 12.7. The molecule has 1 aromatic carbocycles. The molecule has 3 saturated heterocycles. The van der Waals surface area contributed by atoms with Crippen LogP contribution in [0, 0.1) is 0 Å². The number of hydrogen-bond acceptors (Lipinski definition) is 8. The SMILES string of the molecule is CC(=O)O.Nc1nc(N2CCC(N3C[C@H](CN4CCCC4)OC[C@@H]3Cc3ccc(Cl)cc3)CC2)n[nH]1. The molecule has 0 amide bonds. The minimum Gasteiger partial charge on any atom is -0.481 e. The van der Waals surface area contributed by atoms with Gasteiger partial charge < -0.3 is 25.4 Å². The lowest BCUT2D eigenvalue weighted by Gasteiger charge is -2.47. The average Bonchev–Trinajstić information content (AvgIpc) is 3.53. The summed E-state index contributed by atoms with van der Waals surface area (Å²) in [5.74, 6) is 0.260. The fraction of sp³-hybridized carbons (Fsp3) is 0.640. The monoisotopic (exact) mass is 519 g/mol. The van der Waals surface area contributed by atoms with E-state index in [9.17, 15) is 0 Å². The number of carboxylic acids is 1. The van der Waals surface area contributed by atoms with Crippen molar-refractivity contribution in [2.75, 3.05) is 56.5 Å². The number of morpholine rings is 1. The van der Waals surface area contributed by atoms with Crippen molar-refractivity contribution in [1.29, 1.82) is 0 Å². The topological polar surface area (TPSA) is 124 Å². The normalized spacial score (nSPS) is 23.9. The lowest BCUT2D eigenvalue weighted by molar-refractivity contribution is -0.134. The number of nitrogen functional groups attached to an aromatic ring is 1. The number of benzene rings is 1. The Hall–Kier alpha value is -2.40. The Morgan fingerprint density at radius 2 is 1.86 bits per heavy atom. The number of ether oxygens (including phenoxy) is 1. The van der Waals surface area contributed by atoms with E-state index in [1.807, 2.05) is 12.1 Å². The molecule has 0 aliphatic carbocycles. The summed E-state index contributed by atoms with van der Waals surface area (Å²) in [6.07, 6.45) is 6.12. The Morgan fingerprint density at radius 1 is 1.19 bits per heavy atom. The maximum Gasteiger partial charge on any atom is 0.300 e. The highest BCUT2D eigenvalue weighted by atomic mass is 35.5. The van der Waals surface area contributed by atoms with Gasteiger partial charge in [0.25, 0.3) is 5.97 Å². The zero-order valence-corrected chi connectivity index (χ0v) is 21.7. The van der Waals surface area contributed by atoms with Gasteiger partial charge in [-0.25, -0.2) is 5.10 Å². The van der Waals surface area contributed by atoms with Crippen LogP contribution in [0.25, 0.3) is 0 Å². The number of likely N-dealkylation sites (tertiary alicyclic amines) is 1. The molecule has 5 rings (SSSR count). The second-order valence-electron chi connectivity index (χ2n) is 9.90. The van der Waals surface area contributed by atoms with E-state index in [1.165, 1.54) is 31.5 Å². The predicted molar refractivity (Wildman–Crippen MR) is 140 cm³/mol. The van der Waals surface area contributed by atoms with Crippen LogP contribution in [0.3, 0.4) is 0 Å². The van der Waals surface area contributed by atoms with E-state index in [-0.39, 0.29) is 0 Å². The van der Waals surface area contributed by atoms with E-state index >= 15 is 0 Å². The number of H-pyrrole nitrogens is 1. The van der Waals surface area contributed by atoms with Crippen molar-refractivity contribution in [3.63, 3.8) is 0 Å². The number of hydrogen-bond donors (Lipinski definition) is 3. The third-order valence-corrected chi connectivity index (χ3v) is 7.41. The Kier molecular flexibility index (Phi) is 9.41. The van der Waals surface area contributed by atoms with Crippen molar-refractivity contribution >= 4 is 29.5 Å². The van der Waals surface area contributed by atoms with Gasteiger partial charge in [-0.3, -0.25) is 9.69 Å². The van der Waals surface area contributed by atoms with Gasteiger partial charge in [0.05, 0.1) is 12.7 Å². The fourth-order valence-corrected chi connectivity index (χ4v) is 5.59. The molecule has 2 aromatic rings. The van der Waals surface area contributed by atoms with Gasteiger partial charge in [0.15, 0.2) is 0 Å². The van der Waals surface area contributed by atoms with Gasteiger partial charge >= 0.3 is 0 Å². The standard InChI is InChI=1S/C23H34ClN7O.C2H4O2/c24-18-5-3-17(4-6-18)13-20-16-32-21(14-29-9-1-2-10-29)15-31(20)19-7-11-30(12-8-19)23-26-22(25)27-28-23;1-2(3)4/h3-6,19-21H,1-2,7-16H2,(H3,25,26,27,28);1H3,(H,3,4)/t20-,21-;/m0./s1. The van der Waals surface area contributed by atoms with Gasteiger partial charge in [0, 0.05) is 50.2 Å². The van der Waals surface area contributed by atoms with Gasteiger partial charge in [0.1, 0.15) is 0 Å². The minimum atomic E-state index is -0.833. The maximum atomic E-state index is 9.00. The van der Waals surface area contributed by atoms with Crippen molar-refractivity contribution in [3.05, 3.63) is 34.9 Å². The van der Waals surface area contributed by atoms with Crippen molar-refractivity contribution in [2.24, 2.45) is 0 Å². The zero-order chi connectivity index (χ0) is 25.5. The molecule has 4 heterocycles. The molecule has 3 aliphatic heterocycles. The van der Waals surface area contributed by atoms with E-state index in [4.69, 9.17) is 32.0 Å². The van der Waals surface area contributed by atoms with E-state index < -0.39 is 5.97 Å². The molecule has 0 saturated carbocycles. The highest BCUT2D eigenvalue weighted by Gasteiger charge is 2.36. The van der Waals surface area contributed by atoms with Crippen LogP contribution in [0.5, 0.6) is 0 Å². The third-order valence-electron chi connectivity index (χ3n) is 7.16. The minimum absolute atomic E-state index is 0.292. The first-order valence-corrected chi connectivity index (χ1v) is 13.2. The molecule has 36 heavy (non-hydrogen) atoms. The quantitative estimate of drug-likeness (QED) is 0.528. The van der Waals surface area contributed by atoms with Gasteiger partial charge in [0.2, 0.25) is 11.9 Å². The average molecular weight is 520 g/mol. The number of carboxylic acid groups (broad SMARTS) is 1. The summed E-state index contributed by atoms with van der Waals surface area (Å²) in [7, 11) is 0. The largest absolute Gasteiger partial charge is 0.481 e. The van der Waals surface area contributed by atoms with Crippen molar-refractivity contribution in [1.82, 2.24) is 25.0 Å². The van der Waals surface area contributed by atoms with Crippen molar-refractivity contribution in [3.8, 4) is 0 Å². The van der Waals surface area contributed by atoms with Crippen LogP contribution in [0.15, 0.2) is 24.3 Å². The second-order valence-corrected chi connectivity index (χ2v) is 10.3. The van der Waals surface area contributed by atoms with E-state index in [1.54, 1.807) is 0 Å². The number of aromatic amines is 1. The number of aliphatic carboxylic acids is 1. The summed E-state index contributed by atoms with van der Waals surface area (Å²) in [5, 5.41) is 15.2. The molecule has 0 radical (unpaired) electrons. The molecule has 3 fully saturated rings. The van der Waals surface area contributed by atoms with E-state index in [0.29, 0.717) is 30.1 Å². The lowest BCUT2D eigenvalue weighted by Crippen LogP contribution is -2.58. The molecule has 11 heteroatoms. The molecule has 0 spiro atoms. The molecule has 4 N–H and O–H groups in total. The Balaban J connectivity index is 0.000000709. The molecule has 10 nitrogen and oxygen atoms in total. The number of piperidine rings is 1. The maximum absolute atomic E-state index is 9.00. The molecule has 2 atom stereocenters. The Bertz CT molecular complexity index is 955. The van der Waals surface area contributed by atoms with Gasteiger partial charge in [-0.15, -0.1) is 5.10 Å². The highest BCUT2D eigenvalue weighted by molar-refractivity contribution is 6.30. The van der Waals surface area contributed by atoms with Crippen LogP contribution in [0.2, 0.25) is 5.02 Å². The van der Waals surface area contributed by atoms with E-state index in [2.05, 4.69) is 42.0 Å². The third kappa shape index (κ3) is 7.55. The number of carbonyl (C=O) groups is 1. The first kappa shape index (κ1) is 26.7. The van der Waals surface area contributed by atoms with Gasteiger partial charge in [-0.2, -0.15) is 4.98 Å². The van der Waals surface area contributed by atoms with Crippen LogP contribution in [-0.4, -0.2) is 100 Å². The number of rotatable bonds is 6. The van der Waals surface area contributed by atoms with Crippen LogP contribution in [-0.2, 0) is 16.0 Å². The number of nitrogens with one attached hydrogen (secondary N) is 1. The molecular weight excluding hydrogens is 482 g/mol. The number of anilines is 2. The summed E-state index contributed by atoms with van der Waals surface area (Å²) >= 11 is 6.11. The van der Waals surface area contributed by atoms with Gasteiger partial charge in [-0.1, -0.05) is 23.7 Å². The van der Waals surface area contributed by atoms with Crippen LogP contribution in [0.4, 0.5) is 11.9 Å². The summed E-state index contributed by atoms with van der Waals surface area (Å²) < 4.78 is 6.40. The van der Waals surface area contributed by atoms with Crippen molar-refractivity contribution < 1.29 is 14.6 Å². The molecule has 0 unspecified atom stereocenters. The molecule has 3 aliphatic rings. The van der Waals surface area contributed by atoms with Crippen LogP contribution >= 0.6 is 11.6 Å². The first-order chi connectivity index (χ1) is 17.4. The van der Waals surface area contributed by atoms with Crippen LogP contribution < -0.4 is 10.6 Å². The molecule has 1 aromatic heterocycles. The summed E-state index contributed by atoms with van der Waals surface area (Å²) in [4.78, 5) is 20.8. The fourth-order valence-electron chi connectivity index (χ4n) is 5.46. The van der Waals surface area contributed by atoms with Crippen molar-refractivity contribution in [2.45, 2.75) is 57.2 Å². The summed E-state index contributed by atoms with van der Waals surface area (Å²) in [5.41, 5.74) is 7.04. The molecular formula is C25H38ClN7O3. The van der Waals surface area contributed by atoms with Gasteiger partial charge in [-0.05, 0) is 62.9 Å². The smallest absolute Gasteiger partial charge is 0.300 e. The molecule has 198 valence electrons. The Labute approximate surface area is 217 Å². The number of nitrogens with two attached hydrogens (primary N) is 1. The Morgan fingerprint density at radius 3 is 2.47 bits per heavy atom. The summed E-state index contributed by atoms with van der Waals surface area (Å²) in [6, 6.07) is 9.20. The van der Waals surface area contributed by atoms with E-state index in [0.717, 1.165) is 64.0 Å². The lowest BCUT2D eigenvalue weighted by atomic mass is 9.96. The highest BCUT2D eigenvalue weighted by Crippen LogP contribution is 2.27. The van der Waals surface area contributed by atoms with Crippen LogP contribution in [0.1, 0.15) is 38.2 Å².